The molecule has 0 aromatic carbocycles. The largest absolute Gasteiger partial charge is 0.441 e. The van der Waals surface area contributed by atoms with E-state index in [0.717, 1.165) is 84.5 Å². The van der Waals surface area contributed by atoms with Gasteiger partial charge in [0.15, 0.2) is 0 Å². The van der Waals surface area contributed by atoms with Crippen LogP contribution in [0.25, 0.3) is 0 Å². The van der Waals surface area contributed by atoms with Crippen LogP contribution in [-0.2, 0) is 9.53 Å². The topological polar surface area (TPSA) is 56.3 Å². The molecule has 26 heavy (non-hydrogen) atoms. The van der Waals surface area contributed by atoms with Crippen LogP contribution < -0.4 is 0 Å². The summed E-state index contributed by atoms with van der Waals surface area (Å²) in [5, 5.41) is 0. The van der Waals surface area contributed by atoms with Crippen LogP contribution in [0.3, 0.4) is 0 Å². The molecule has 4 fully saturated rings. The maximum absolute atomic E-state index is 12.4. The molecular weight excluding hydrogens is 332 g/mol. The van der Waals surface area contributed by atoms with E-state index in [9.17, 15) is 9.59 Å². The van der Waals surface area contributed by atoms with Gasteiger partial charge in [-0.15, -0.1) is 0 Å². The second-order valence-electron chi connectivity index (χ2n) is 8.87. The Hall–Kier alpha value is -1.34. The van der Waals surface area contributed by atoms with Crippen LogP contribution >= 0.6 is 0 Å². The van der Waals surface area contributed by atoms with Crippen molar-refractivity contribution < 1.29 is 14.3 Å². The maximum Gasteiger partial charge on any atom is 0.410 e. The van der Waals surface area contributed by atoms with Gasteiger partial charge in [-0.2, -0.15) is 0 Å². The summed E-state index contributed by atoms with van der Waals surface area (Å²) >= 11 is 0. The minimum atomic E-state index is -0.254. The lowest BCUT2D eigenvalue weighted by Crippen LogP contribution is -2.47. The van der Waals surface area contributed by atoms with E-state index in [4.69, 9.17) is 4.74 Å². The lowest BCUT2D eigenvalue weighted by atomic mass is 9.77. The fraction of sp³-hybridized carbons (Fsp3) is 0.895. The minimum Gasteiger partial charge on any atom is -0.441 e. The molecule has 4 saturated heterocycles. The van der Waals surface area contributed by atoms with Gasteiger partial charge < -0.3 is 24.3 Å². The summed E-state index contributed by atoms with van der Waals surface area (Å²) in [5.74, 6) is 0.337. The number of rotatable bonds is 3. The number of hydrogen-bond donors (Lipinski definition) is 0. The van der Waals surface area contributed by atoms with Crippen molar-refractivity contribution in [2.75, 3.05) is 66.5 Å². The lowest BCUT2D eigenvalue weighted by molar-refractivity contribution is -0.137. The van der Waals surface area contributed by atoms with Crippen LogP contribution in [-0.4, -0.2) is 104 Å². The van der Waals surface area contributed by atoms with Gasteiger partial charge in [0.2, 0.25) is 5.91 Å². The van der Waals surface area contributed by atoms with Crippen molar-refractivity contribution >= 4 is 12.0 Å². The Labute approximate surface area is 156 Å². The standard InChI is InChI=1S/C19H32N4O3/c1-20-8-6-19(7-9-20)15-23(17(25)26-19)14-13-22-11-4-18(5-12-22)3-10-21(2)16(18)24/h3-15H2,1-2H3. The van der Waals surface area contributed by atoms with E-state index in [1.807, 2.05) is 16.8 Å². The Morgan fingerprint density at radius 2 is 1.54 bits per heavy atom. The third-order valence-electron chi connectivity index (χ3n) is 7.16. The Morgan fingerprint density at radius 1 is 0.885 bits per heavy atom. The number of piperidine rings is 2. The van der Waals surface area contributed by atoms with E-state index in [1.54, 1.807) is 0 Å². The normalized spacial score (nSPS) is 29.2. The summed E-state index contributed by atoms with van der Waals surface area (Å²) < 4.78 is 5.78. The van der Waals surface area contributed by atoms with Crippen LogP contribution in [0, 0.1) is 5.41 Å². The third-order valence-corrected chi connectivity index (χ3v) is 7.16. The molecule has 7 nitrogen and oxygen atoms in total. The Kier molecular flexibility index (Phi) is 4.63. The van der Waals surface area contributed by atoms with Crippen molar-refractivity contribution in [1.29, 1.82) is 0 Å². The van der Waals surface area contributed by atoms with E-state index in [-0.39, 0.29) is 17.1 Å². The van der Waals surface area contributed by atoms with Gasteiger partial charge in [0, 0.05) is 52.6 Å². The average molecular weight is 364 g/mol. The van der Waals surface area contributed by atoms with Crippen LogP contribution in [0.2, 0.25) is 0 Å². The fourth-order valence-corrected chi connectivity index (χ4v) is 5.08. The molecule has 4 aliphatic rings. The number of nitrogens with zero attached hydrogens (tertiary/aromatic N) is 4. The Balaban J connectivity index is 1.25. The lowest BCUT2D eigenvalue weighted by Gasteiger charge is -2.38. The summed E-state index contributed by atoms with van der Waals surface area (Å²) in [6, 6.07) is 0. The number of amides is 2. The van der Waals surface area contributed by atoms with Crippen molar-refractivity contribution in [3.63, 3.8) is 0 Å². The SMILES string of the molecule is CN1CCC2(CC1)CN(CCN1CCC3(CC1)CCN(C)C3=O)C(=O)O2. The first-order chi connectivity index (χ1) is 12.4. The molecule has 7 heteroatoms. The highest BCUT2D eigenvalue weighted by Crippen LogP contribution is 2.41. The Bertz CT molecular complexity index is 565. The molecule has 0 radical (unpaired) electrons. The first-order valence-corrected chi connectivity index (χ1v) is 10.1. The molecule has 146 valence electrons. The fourth-order valence-electron chi connectivity index (χ4n) is 5.08. The highest BCUT2D eigenvalue weighted by molar-refractivity contribution is 5.84. The summed E-state index contributed by atoms with van der Waals surface area (Å²) in [4.78, 5) is 33.2. The summed E-state index contributed by atoms with van der Waals surface area (Å²) in [7, 11) is 4.04. The van der Waals surface area contributed by atoms with Crippen LogP contribution in [0.1, 0.15) is 32.1 Å². The minimum absolute atomic E-state index is 0.101. The van der Waals surface area contributed by atoms with Gasteiger partial charge in [-0.1, -0.05) is 0 Å². The zero-order chi connectivity index (χ0) is 18.4. The van der Waals surface area contributed by atoms with Crippen molar-refractivity contribution in [2.45, 2.75) is 37.7 Å². The molecule has 0 aromatic rings. The molecule has 0 unspecified atom stereocenters. The van der Waals surface area contributed by atoms with Crippen molar-refractivity contribution in [1.82, 2.24) is 19.6 Å². The molecule has 2 spiro atoms. The van der Waals surface area contributed by atoms with Gasteiger partial charge in [0.1, 0.15) is 5.60 Å². The molecule has 4 heterocycles. The zero-order valence-corrected chi connectivity index (χ0v) is 16.2. The van der Waals surface area contributed by atoms with E-state index in [0.29, 0.717) is 5.91 Å². The first-order valence-electron chi connectivity index (χ1n) is 10.1. The van der Waals surface area contributed by atoms with Gasteiger partial charge in [-0.3, -0.25) is 4.79 Å². The smallest absolute Gasteiger partial charge is 0.410 e. The second kappa shape index (κ2) is 6.68. The second-order valence-corrected chi connectivity index (χ2v) is 8.87. The maximum atomic E-state index is 12.4. The van der Waals surface area contributed by atoms with Crippen LogP contribution in [0.15, 0.2) is 0 Å². The van der Waals surface area contributed by atoms with Crippen molar-refractivity contribution in [2.24, 2.45) is 5.41 Å². The molecule has 0 N–H and O–H groups in total. The Morgan fingerprint density at radius 3 is 2.15 bits per heavy atom. The molecule has 2 amide bonds. The molecule has 0 atom stereocenters. The molecule has 4 rings (SSSR count). The van der Waals surface area contributed by atoms with Gasteiger partial charge in [-0.25, -0.2) is 4.79 Å². The molecule has 0 bridgehead atoms. The predicted molar refractivity (Wildman–Crippen MR) is 97.9 cm³/mol. The van der Waals surface area contributed by atoms with E-state index in [1.165, 1.54) is 0 Å². The van der Waals surface area contributed by atoms with Crippen molar-refractivity contribution in [3.05, 3.63) is 0 Å². The summed E-state index contributed by atoms with van der Waals surface area (Å²) in [6.45, 7) is 7.16. The molecule has 0 aliphatic carbocycles. The summed E-state index contributed by atoms with van der Waals surface area (Å²) in [6.07, 6.45) is 4.65. The van der Waals surface area contributed by atoms with Gasteiger partial charge in [0.05, 0.1) is 12.0 Å². The number of hydrogen-bond acceptors (Lipinski definition) is 5. The van der Waals surface area contributed by atoms with Crippen LogP contribution in [0.5, 0.6) is 0 Å². The molecule has 4 aliphatic heterocycles. The monoisotopic (exact) mass is 364 g/mol. The van der Waals surface area contributed by atoms with Gasteiger partial charge in [0.25, 0.3) is 0 Å². The number of likely N-dealkylation sites (tertiary alicyclic amines) is 3. The molecule has 0 aromatic heterocycles. The van der Waals surface area contributed by atoms with E-state index in [2.05, 4.69) is 16.8 Å². The molecule has 0 saturated carbocycles. The van der Waals surface area contributed by atoms with E-state index < -0.39 is 0 Å². The van der Waals surface area contributed by atoms with Crippen LogP contribution in [0.4, 0.5) is 4.79 Å². The zero-order valence-electron chi connectivity index (χ0n) is 16.2. The quantitative estimate of drug-likeness (QED) is 0.743. The number of carbonyl (C=O) groups is 2. The highest BCUT2D eigenvalue weighted by atomic mass is 16.6. The summed E-state index contributed by atoms with van der Waals surface area (Å²) in [5.41, 5.74) is -0.355. The van der Waals surface area contributed by atoms with Gasteiger partial charge >= 0.3 is 6.09 Å². The van der Waals surface area contributed by atoms with E-state index >= 15 is 0 Å². The molecular formula is C19H32N4O3. The first kappa shape index (κ1) is 18.0. The predicted octanol–water partition coefficient (Wildman–Crippen LogP) is 0.847. The number of ether oxygens (including phenoxy) is 1. The highest BCUT2D eigenvalue weighted by Gasteiger charge is 2.48. The van der Waals surface area contributed by atoms with Crippen molar-refractivity contribution in [3.8, 4) is 0 Å². The third kappa shape index (κ3) is 3.20. The number of carbonyl (C=O) groups excluding carboxylic acids is 2. The average Bonchev–Trinajstić information content (AvgIpc) is 3.10. The van der Waals surface area contributed by atoms with Gasteiger partial charge in [-0.05, 0) is 39.4 Å².